The lowest BCUT2D eigenvalue weighted by molar-refractivity contribution is -0.140. The number of ketones is 1. The van der Waals surface area contributed by atoms with E-state index in [1.165, 1.54) is 0 Å². The van der Waals surface area contributed by atoms with Gasteiger partial charge in [-0.3, -0.25) is 19.2 Å². The molecule has 1 aromatic carbocycles. The molecule has 9 heteroatoms. The van der Waals surface area contributed by atoms with Gasteiger partial charge in [0.25, 0.3) is 5.91 Å². The molecule has 1 fully saturated rings. The molecule has 9 nitrogen and oxygen atoms in total. The number of benzene rings is 1. The molecule has 1 saturated heterocycles. The molecule has 3 amide bonds. The Balaban J connectivity index is 1.87. The summed E-state index contributed by atoms with van der Waals surface area (Å²) in [7, 11) is 0. The van der Waals surface area contributed by atoms with Crippen LogP contribution in [-0.4, -0.2) is 67.2 Å². The molecular formula is C24H37N5O4. The molecule has 0 aromatic heterocycles. The molecule has 1 heterocycles. The van der Waals surface area contributed by atoms with Crippen LogP contribution >= 0.6 is 0 Å². The molecule has 0 bridgehead atoms. The van der Waals surface area contributed by atoms with Crippen LogP contribution in [0.25, 0.3) is 0 Å². The van der Waals surface area contributed by atoms with Gasteiger partial charge in [-0.2, -0.15) is 0 Å². The van der Waals surface area contributed by atoms with Crippen LogP contribution in [0.1, 0.15) is 44.6 Å². The molecule has 1 aliphatic heterocycles. The minimum absolute atomic E-state index is 0.0343. The predicted octanol–water partition coefficient (Wildman–Crippen LogP) is 0.334. The molecule has 5 N–H and O–H groups in total. The van der Waals surface area contributed by atoms with Gasteiger partial charge in [-0.15, -0.1) is 0 Å². The van der Waals surface area contributed by atoms with E-state index < -0.39 is 23.7 Å². The Morgan fingerprint density at radius 3 is 2.42 bits per heavy atom. The quantitative estimate of drug-likeness (QED) is 0.248. The lowest BCUT2D eigenvalue weighted by Crippen LogP contribution is -2.49. The second kappa shape index (κ2) is 14.4. The van der Waals surface area contributed by atoms with Crippen molar-refractivity contribution in [2.75, 3.05) is 32.7 Å². The van der Waals surface area contributed by atoms with Crippen molar-refractivity contribution in [3.05, 3.63) is 35.9 Å². The van der Waals surface area contributed by atoms with Gasteiger partial charge >= 0.3 is 0 Å². The number of nitrogens with two attached hydrogens (primary N) is 1. The summed E-state index contributed by atoms with van der Waals surface area (Å²) >= 11 is 0. The van der Waals surface area contributed by atoms with E-state index >= 15 is 0 Å². The van der Waals surface area contributed by atoms with Crippen molar-refractivity contribution < 1.29 is 19.2 Å². The van der Waals surface area contributed by atoms with Crippen LogP contribution in [0.5, 0.6) is 0 Å². The van der Waals surface area contributed by atoms with E-state index in [1.54, 1.807) is 11.8 Å². The fourth-order valence-corrected chi connectivity index (χ4v) is 3.64. The first-order chi connectivity index (χ1) is 15.9. The average molecular weight is 460 g/mol. The summed E-state index contributed by atoms with van der Waals surface area (Å²) in [6.07, 6.45) is 2.32. The minimum atomic E-state index is -0.911. The Morgan fingerprint density at radius 1 is 1.06 bits per heavy atom. The van der Waals surface area contributed by atoms with Crippen LogP contribution in [0, 0.1) is 5.92 Å². The predicted molar refractivity (Wildman–Crippen MR) is 126 cm³/mol. The summed E-state index contributed by atoms with van der Waals surface area (Å²) in [5, 5.41) is 8.56. The van der Waals surface area contributed by atoms with Crippen molar-refractivity contribution in [3.63, 3.8) is 0 Å². The molecule has 0 saturated carbocycles. The highest BCUT2D eigenvalue weighted by atomic mass is 16.2. The number of piperazine rings is 1. The smallest absolute Gasteiger partial charge is 0.289 e. The second-order valence-electron chi connectivity index (χ2n) is 8.45. The summed E-state index contributed by atoms with van der Waals surface area (Å²) in [6.45, 7) is 5.35. The average Bonchev–Trinajstić information content (AvgIpc) is 2.85. The third-order valence-electron chi connectivity index (χ3n) is 5.81. The van der Waals surface area contributed by atoms with E-state index in [0.29, 0.717) is 45.3 Å². The molecule has 2 atom stereocenters. The van der Waals surface area contributed by atoms with E-state index in [2.05, 4.69) is 16.0 Å². The number of rotatable bonds is 13. The fourth-order valence-electron chi connectivity index (χ4n) is 3.64. The molecule has 2 unspecified atom stereocenters. The number of amides is 3. The Morgan fingerprint density at radius 2 is 1.76 bits per heavy atom. The number of nitrogens with zero attached hydrogens (tertiary/aromatic N) is 1. The Kier molecular flexibility index (Phi) is 11.5. The van der Waals surface area contributed by atoms with Crippen molar-refractivity contribution >= 4 is 23.5 Å². The molecule has 1 aromatic rings. The number of unbranched alkanes of at least 4 members (excludes halogenated alkanes) is 1. The number of nitrogens with one attached hydrogen (secondary N) is 3. The summed E-state index contributed by atoms with van der Waals surface area (Å²) < 4.78 is 0. The van der Waals surface area contributed by atoms with Crippen molar-refractivity contribution in [2.24, 2.45) is 11.7 Å². The minimum Gasteiger partial charge on any atom is -0.345 e. The van der Waals surface area contributed by atoms with E-state index in [-0.39, 0.29) is 24.8 Å². The topological polar surface area (TPSA) is 134 Å². The summed E-state index contributed by atoms with van der Waals surface area (Å²) in [5.41, 5.74) is 6.43. The van der Waals surface area contributed by atoms with Crippen LogP contribution in [-0.2, 0) is 25.7 Å². The normalized spacial score (nSPS) is 15.4. The largest absolute Gasteiger partial charge is 0.345 e. The molecule has 0 aliphatic carbocycles. The molecule has 1 aliphatic rings. The van der Waals surface area contributed by atoms with Crippen molar-refractivity contribution in [1.29, 1.82) is 0 Å². The lowest BCUT2D eigenvalue weighted by atomic mass is 10.0. The summed E-state index contributed by atoms with van der Waals surface area (Å²) in [5.74, 6) is -2.13. The molecule has 182 valence electrons. The lowest BCUT2D eigenvalue weighted by Gasteiger charge is -2.28. The number of carbonyl (C=O) groups excluding carboxylic acids is 4. The zero-order valence-corrected chi connectivity index (χ0v) is 19.5. The third kappa shape index (κ3) is 9.31. The van der Waals surface area contributed by atoms with Gasteiger partial charge in [-0.1, -0.05) is 37.3 Å². The van der Waals surface area contributed by atoms with Gasteiger partial charge in [0, 0.05) is 45.1 Å². The maximum Gasteiger partial charge on any atom is 0.289 e. The number of hydrogen-bond donors (Lipinski definition) is 4. The first kappa shape index (κ1) is 26.5. The van der Waals surface area contributed by atoms with Gasteiger partial charge in [0.15, 0.2) is 0 Å². The molecular weight excluding hydrogens is 422 g/mol. The summed E-state index contributed by atoms with van der Waals surface area (Å²) in [6, 6.07) is 8.38. The highest BCUT2D eigenvalue weighted by molar-refractivity contribution is 6.38. The van der Waals surface area contributed by atoms with E-state index in [4.69, 9.17) is 5.73 Å². The van der Waals surface area contributed by atoms with Gasteiger partial charge < -0.3 is 26.6 Å². The maximum atomic E-state index is 12.8. The van der Waals surface area contributed by atoms with Gasteiger partial charge in [-0.25, -0.2) is 0 Å². The monoisotopic (exact) mass is 459 g/mol. The molecule has 0 radical (unpaired) electrons. The van der Waals surface area contributed by atoms with Crippen LogP contribution in [0.4, 0.5) is 0 Å². The fraction of sp³-hybridized carbons (Fsp3) is 0.583. The van der Waals surface area contributed by atoms with Crippen molar-refractivity contribution in [2.45, 2.75) is 51.6 Å². The van der Waals surface area contributed by atoms with Gasteiger partial charge in [0.05, 0.1) is 6.04 Å². The first-order valence-electron chi connectivity index (χ1n) is 11.8. The number of Topliss-reactive ketones (excluding diaryl/α,β-unsaturated/α-hetero) is 1. The van der Waals surface area contributed by atoms with Gasteiger partial charge in [0.2, 0.25) is 17.6 Å². The standard InChI is InChI=1S/C24H37N5O4/c1-18(10-11-21(30)29-15-13-26-14-16-29)23(32)28-20(9-5-6-12-25)22(31)24(33)27-17-19-7-3-2-4-8-19/h2-4,7-8,18,20,26H,5-6,9-17,25H2,1H3,(H,27,33)(H,28,32). The Labute approximate surface area is 195 Å². The first-order valence-corrected chi connectivity index (χ1v) is 11.8. The van der Waals surface area contributed by atoms with Crippen LogP contribution in [0.2, 0.25) is 0 Å². The second-order valence-corrected chi connectivity index (χ2v) is 8.45. The molecule has 2 rings (SSSR count). The highest BCUT2D eigenvalue weighted by Gasteiger charge is 2.28. The Bertz CT molecular complexity index is 780. The number of carbonyl (C=O) groups is 4. The van der Waals surface area contributed by atoms with E-state index in [1.807, 2.05) is 30.3 Å². The van der Waals surface area contributed by atoms with Crippen LogP contribution in [0.3, 0.4) is 0 Å². The summed E-state index contributed by atoms with van der Waals surface area (Å²) in [4.78, 5) is 52.1. The van der Waals surface area contributed by atoms with Gasteiger partial charge in [-0.05, 0) is 37.8 Å². The van der Waals surface area contributed by atoms with E-state index in [0.717, 1.165) is 18.7 Å². The zero-order valence-electron chi connectivity index (χ0n) is 19.5. The van der Waals surface area contributed by atoms with Crippen LogP contribution in [0.15, 0.2) is 30.3 Å². The van der Waals surface area contributed by atoms with Crippen molar-refractivity contribution in [3.8, 4) is 0 Å². The SMILES string of the molecule is CC(CCC(=O)N1CCNCC1)C(=O)NC(CCCCN)C(=O)C(=O)NCc1ccccc1. The third-order valence-corrected chi connectivity index (χ3v) is 5.81. The molecule has 33 heavy (non-hydrogen) atoms. The van der Waals surface area contributed by atoms with Gasteiger partial charge in [0.1, 0.15) is 0 Å². The Hall–Kier alpha value is -2.78. The molecule has 0 spiro atoms. The maximum absolute atomic E-state index is 12.8. The van der Waals surface area contributed by atoms with E-state index in [9.17, 15) is 19.2 Å². The van der Waals surface area contributed by atoms with Crippen molar-refractivity contribution in [1.82, 2.24) is 20.9 Å². The number of hydrogen-bond acceptors (Lipinski definition) is 6. The highest BCUT2D eigenvalue weighted by Crippen LogP contribution is 2.11. The van der Waals surface area contributed by atoms with Crippen LogP contribution < -0.4 is 21.7 Å². The zero-order chi connectivity index (χ0) is 24.1.